The molecule has 7 heteroatoms. The van der Waals surface area contributed by atoms with Crippen LogP contribution in [0.25, 0.3) is 23.0 Å². The molecule has 37 heavy (non-hydrogen) atoms. The zero-order valence-corrected chi connectivity index (χ0v) is 22.8. The third-order valence-corrected chi connectivity index (χ3v) is 7.71. The van der Waals surface area contributed by atoms with Crippen molar-refractivity contribution in [2.75, 3.05) is 7.11 Å². The summed E-state index contributed by atoms with van der Waals surface area (Å²) in [5.41, 5.74) is 8.26. The van der Waals surface area contributed by atoms with Crippen LogP contribution in [0.1, 0.15) is 27.8 Å². The van der Waals surface area contributed by atoms with Crippen molar-refractivity contribution >= 4 is 40.3 Å². The van der Waals surface area contributed by atoms with Crippen molar-refractivity contribution in [1.29, 1.82) is 0 Å². The molecule has 1 aliphatic rings. The maximum atomic E-state index is 13.4. The molecule has 5 rings (SSSR count). The fraction of sp³-hybridized carbons (Fsp3) is 0.167. The third kappa shape index (κ3) is 5.10. The summed E-state index contributed by atoms with van der Waals surface area (Å²) in [5, 5.41) is 4.98. The Labute approximate surface area is 226 Å². The fourth-order valence-corrected chi connectivity index (χ4v) is 5.89. The number of ether oxygens (including phenoxy) is 1. The lowest BCUT2D eigenvalue weighted by Gasteiger charge is -2.14. The van der Waals surface area contributed by atoms with Gasteiger partial charge in [0.25, 0.3) is 5.91 Å². The van der Waals surface area contributed by atoms with E-state index in [1.165, 1.54) is 17.3 Å². The summed E-state index contributed by atoms with van der Waals surface area (Å²) in [6, 6.07) is 22.0. The van der Waals surface area contributed by atoms with Crippen molar-refractivity contribution in [3.05, 3.63) is 106 Å². The first kappa shape index (κ1) is 25.0. The minimum atomic E-state index is -0.0958. The van der Waals surface area contributed by atoms with Gasteiger partial charge < -0.3 is 4.74 Å². The Bertz CT molecular complexity index is 1500. The molecule has 0 aliphatic carbocycles. The number of hydrogen-bond acceptors (Lipinski definition) is 5. The lowest BCUT2D eigenvalue weighted by atomic mass is 9.95. The monoisotopic (exact) mass is 525 g/mol. The molecule has 1 fully saturated rings. The van der Waals surface area contributed by atoms with Gasteiger partial charge in [0.1, 0.15) is 15.8 Å². The molecule has 0 N–H and O–H groups in total. The van der Waals surface area contributed by atoms with Crippen LogP contribution in [0.2, 0.25) is 0 Å². The highest BCUT2D eigenvalue weighted by Crippen LogP contribution is 2.37. The van der Waals surface area contributed by atoms with Crippen LogP contribution in [0.5, 0.6) is 5.75 Å². The Kier molecular flexibility index (Phi) is 7.00. The lowest BCUT2D eigenvalue weighted by molar-refractivity contribution is -0.122. The molecule has 0 unspecified atom stereocenters. The molecule has 2 heterocycles. The van der Waals surface area contributed by atoms with Crippen LogP contribution in [-0.2, 0) is 11.3 Å². The number of hydrogen-bond donors (Lipinski definition) is 0. The third-order valence-electron chi connectivity index (χ3n) is 6.34. The number of rotatable bonds is 6. The van der Waals surface area contributed by atoms with Gasteiger partial charge in [-0.3, -0.25) is 9.69 Å². The number of para-hydroxylation sites is 1. The van der Waals surface area contributed by atoms with E-state index in [0.29, 0.717) is 15.8 Å². The first-order valence-corrected chi connectivity index (χ1v) is 13.2. The van der Waals surface area contributed by atoms with E-state index in [1.54, 1.807) is 12.0 Å². The molecular weight excluding hydrogens is 498 g/mol. The highest BCUT2D eigenvalue weighted by molar-refractivity contribution is 8.26. The van der Waals surface area contributed by atoms with E-state index in [2.05, 4.69) is 32.9 Å². The summed E-state index contributed by atoms with van der Waals surface area (Å²) in [6.45, 7) is 6.73. The summed E-state index contributed by atoms with van der Waals surface area (Å²) in [6.07, 6.45) is 3.91. The second-order valence-corrected chi connectivity index (χ2v) is 10.8. The van der Waals surface area contributed by atoms with Crippen molar-refractivity contribution in [1.82, 2.24) is 14.7 Å². The normalized spacial score (nSPS) is 14.6. The Balaban J connectivity index is 1.54. The summed E-state index contributed by atoms with van der Waals surface area (Å²) in [5.74, 6) is 0.681. The molecule has 5 nitrogen and oxygen atoms in total. The van der Waals surface area contributed by atoms with Crippen LogP contribution in [-0.4, -0.2) is 32.0 Å². The van der Waals surface area contributed by atoms with Gasteiger partial charge in [0.15, 0.2) is 0 Å². The van der Waals surface area contributed by atoms with Gasteiger partial charge in [-0.2, -0.15) is 5.10 Å². The molecular formula is C30H27N3O2S2. The van der Waals surface area contributed by atoms with Crippen LogP contribution < -0.4 is 4.74 Å². The second kappa shape index (κ2) is 10.4. The number of aryl methyl sites for hydroxylation is 3. The number of nitrogens with zero attached hydrogens (tertiary/aromatic N) is 3. The van der Waals surface area contributed by atoms with Gasteiger partial charge in [-0.25, -0.2) is 4.68 Å². The average molecular weight is 526 g/mol. The number of carbonyl (C=O) groups excluding carboxylic acids is 1. The Morgan fingerprint density at radius 1 is 1.00 bits per heavy atom. The van der Waals surface area contributed by atoms with Crippen molar-refractivity contribution in [2.45, 2.75) is 27.3 Å². The Hall–Kier alpha value is -3.68. The lowest BCUT2D eigenvalue weighted by Crippen LogP contribution is -2.27. The predicted molar refractivity (Wildman–Crippen MR) is 155 cm³/mol. The SMILES string of the molecule is COc1ccc(CN2C(=O)/C(=C/c3cn(-c4ccccc4)nc3-c3c(C)cc(C)cc3C)SC2=S)cc1. The van der Waals surface area contributed by atoms with Gasteiger partial charge >= 0.3 is 0 Å². The van der Waals surface area contributed by atoms with Gasteiger partial charge in [0.2, 0.25) is 0 Å². The fourth-order valence-electron chi connectivity index (χ4n) is 4.64. The average Bonchev–Trinajstić information content (AvgIpc) is 3.40. The van der Waals surface area contributed by atoms with E-state index in [1.807, 2.05) is 71.6 Å². The van der Waals surface area contributed by atoms with E-state index in [-0.39, 0.29) is 5.91 Å². The van der Waals surface area contributed by atoms with Crippen molar-refractivity contribution in [3.8, 4) is 22.7 Å². The number of thioether (sulfide) groups is 1. The standard InChI is InChI=1S/C30H27N3O2S2/c1-19-14-20(2)27(21(3)15-19)28-23(18-33(31-28)24-8-6-5-7-9-24)16-26-29(34)32(30(36)37-26)17-22-10-12-25(35-4)13-11-22/h5-16,18H,17H2,1-4H3/b26-16-. The van der Waals surface area contributed by atoms with Crippen LogP contribution in [0.3, 0.4) is 0 Å². The first-order chi connectivity index (χ1) is 17.8. The van der Waals surface area contributed by atoms with Gasteiger partial charge in [0.05, 0.1) is 24.2 Å². The largest absolute Gasteiger partial charge is 0.497 e. The molecule has 1 aliphatic heterocycles. The summed E-state index contributed by atoms with van der Waals surface area (Å²) in [4.78, 5) is 15.7. The first-order valence-electron chi connectivity index (χ1n) is 12.0. The topological polar surface area (TPSA) is 47.4 Å². The van der Waals surface area contributed by atoms with Gasteiger partial charge in [-0.1, -0.05) is 72.0 Å². The van der Waals surface area contributed by atoms with Gasteiger partial charge in [-0.15, -0.1) is 0 Å². The number of aromatic nitrogens is 2. The Morgan fingerprint density at radius 2 is 1.68 bits per heavy atom. The van der Waals surface area contributed by atoms with E-state index in [4.69, 9.17) is 22.1 Å². The molecule has 1 amide bonds. The minimum absolute atomic E-state index is 0.0958. The van der Waals surface area contributed by atoms with Crippen molar-refractivity contribution < 1.29 is 9.53 Å². The molecule has 4 aromatic rings. The molecule has 3 aromatic carbocycles. The van der Waals surface area contributed by atoms with E-state index < -0.39 is 0 Å². The second-order valence-electron chi connectivity index (χ2n) is 9.10. The van der Waals surface area contributed by atoms with Crippen LogP contribution in [0.4, 0.5) is 0 Å². The molecule has 0 atom stereocenters. The van der Waals surface area contributed by atoms with Gasteiger partial charge in [-0.05, 0) is 67.8 Å². The minimum Gasteiger partial charge on any atom is -0.497 e. The van der Waals surface area contributed by atoms with Crippen LogP contribution >= 0.6 is 24.0 Å². The molecule has 186 valence electrons. The predicted octanol–water partition coefficient (Wildman–Crippen LogP) is 6.87. The summed E-state index contributed by atoms with van der Waals surface area (Å²) < 4.78 is 7.66. The van der Waals surface area contributed by atoms with E-state index in [0.717, 1.165) is 44.9 Å². The molecule has 0 bridgehead atoms. The maximum absolute atomic E-state index is 13.4. The molecule has 0 spiro atoms. The Morgan fingerprint density at radius 3 is 2.32 bits per heavy atom. The molecule has 1 saturated heterocycles. The highest BCUT2D eigenvalue weighted by Gasteiger charge is 2.32. The van der Waals surface area contributed by atoms with Crippen LogP contribution in [0.15, 0.2) is 77.8 Å². The zero-order valence-electron chi connectivity index (χ0n) is 21.2. The van der Waals surface area contributed by atoms with E-state index >= 15 is 0 Å². The number of benzene rings is 3. The molecule has 0 radical (unpaired) electrons. The maximum Gasteiger partial charge on any atom is 0.266 e. The quantitative estimate of drug-likeness (QED) is 0.203. The van der Waals surface area contributed by atoms with Crippen molar-refractivity contribution in [3.63, 3.8) is 0 Å². The number of thiocarbonyl (C=S) groups is 1. The molecule has 0 saturated carbocycles. The number of carbonyl (C=O) groups is 1. The van der Waals surface area contributed by atoms with E-state index in [9.17, 15) is 4.79 Å². The van der Waals surface area contributed by atoms with Crippen LogP contribution in [0, 0.1) is 20.8 Å². The number of amides is 1. The smallest absolute Gasteiger partial charge is 0.266 e. The molecule has 1 aromatic heterocycles. The van der Waals surface area contributed by atoms with Gasteiger partial charge in [0, 0.05) is 17.3 Å². The summed E-state index contributed by atoms with van der Waals surface area (Å²) >= 11 is 6.93. The van der Waals surface area contributed by atoms with Crippen molar-refractivity contribution in [2.24, 2.45) is 0 Å². The number of methoxy groups -OCH3 is 1. The highest BCUT2D eigenvalue weighted by atomic mass is 32.2. The summed E-state index contributed by atoms with van der Waals surface area (Å²) in [7, 11) is 1.63. The zero-order chi connectivity index (χ0) is 26.1.